The van der Waals surface area contributed by atoms with Gasteiger partial charge in [-0.3, -0.25) is 19.6 Å². The van der Waals surface area contributed by atoms with Gasteiger partial charge in [0.2, 0.25) is 11.6 Å². The number of ketones is 2. The largest absolute Gasteiger partial charge is 0.285 e. The molecule has 0 bridgehead atoms. The summed E-state index contributed by atoms with van der Waals surface area (Å²) in [5.74, 6) is -1.08. The minimum atomic E-state index is -0.542. The van der Waals surface area contributed by atoms with Gasteiger partial charge in [-0.15, -0.1) is 0 Å². The predicted molar refractivity (Wildman–Crippen MR) is 107 cm³/mol. The van der Waals surface area contributed by atoms with E-state index in [0.717, 1.165) is 11.1 Å². The van der Waals surface area contributed by atoms with E-state index in [2.05, 4.69) is 9.97 Å². The minimum absolute atomic E-state index is 0.323. The van der Waals surface area contributed by atoms with E-state index in [-0.39, 0.29) is 0 Å². The maximum absolute atomic E-state index is 13.1. The first-order valence-electron chi connectivity index (χ1n) is 8.94. The number of pyridine rings is 2. The third kappa shape index (κ3) is 2.39. The molecule has 0 aliphatic heterocycles. The summed E-state index contributed by atoms with van der Waals surface area (Å²) in [6.07, 6.45) is 3.32. The molecule has 28 heavy (non-hydrogen) atoms. The van der Waals surface area contributed by atoms with Gasteiger partial charge < -0.3 is 0 Å². The first-order valence-corrected chi connectivity index (χ1v) is 8.94. The molecule has 1 aliphatic carbocycles. The average Bonchev–Trinajstić information content (AvgIpc) is 2.77. The molecule has 0 N–H and O–H groups in total. The van der Waals surface area contributed by atoms with Crippen LogP contribution in [-0.2, 0) is 0 Å². The smallest absolute Gasteiger partial charge is 0.236 e. The second-order valence-electron chi connectivity index (χ2n) is 6.55. The molecule has 0 radical (unpaired) electrons. The summed E-state index contributed by atoms with van der Waals surface area (Å²) in [5, 5.41) is 0. The van der Waals surface area contributed by atoms with Gasteiger partial charge in [0.25, 0.3) is 0 Å². The molecule has 4 heteroatoms. The van der Waals surface area contributed by atoms with Crippen molar-refractivity contribution in [3.05, 3.63) is 96.3 Å². The first kappa shape index (κ1) is 16.3. The Bertz CT molecular complexity index is 1130. The van der Waals surface area contributed by atoms with Gasteiger partial charge in [-0.1, -0.05) is 60.7 Å². The molecule has 0 unspecified atom stereocenters. The average molecular weight is 362 g/mol. The Morgan fingerprint density at radius 1 is 0.500 bits per heavy atom. The number of Topliss-reactive ketones (excluding diaryl/α,β-unsaturated/α-hetero) is 2. The van der Waals surface area contributed by atoms with E-state index in [1.807, 2.05) is 60.7 Å². The van der Waals surface area contributed by atoms with Crippen LogP contribution in [0.25, 0.3) is 33.6 Å². The van der Waals surface area contributed by atoms with E-state index >= 15 is 0 Å². The van der Waals surface area contributed by atoms with Gasteiger partial charge in [0.05, 0.1) is 11.1 Å². The quantitative estimate of drug-likeness (QED) is 0.478. The van der Waals surface area contributed by atoms with E-state index < -0.39 is 11.6 Å². The number of benzene rings is 2. The van der Waals surface area contributed by atoms with Crippen LogP contribution in [0.15, 0.2) is 85.2 Å². The van der Waals surface area contributed by atoms with Crippen LogP contribution in [0.4, 0.5) is 0 Å². The van der Waals surface area contributed by atoms with Gasteiger partial charge in [-0.05, 0) is 34.4 Å². The summed E-state index contributed by atoms with van der Waals surface area (Å²) >= 11 is 0. The predicted octanol–water partition coefficient (Wildman–Crippen LogP) is 4.86. The highest BCUT2D eigenvalue weighted by Crippen LogP contribution is 2.39. The molecule has 0 fully saturated rings. The number of rotatable bonds is 2. The Morgan fingerprint density at radius 2 is 0.893 bits per heavy atom. The van der Waals surface area contributed by atoms with E-state index in [9.17, 15) is 9.59 Å². The standard InChI is InChI=1S/C24H14N2O2/c27-23-19-17(15-7-3-1-4-8-15)11-13-25-21(19)22-20(24(23)28)18(12-14-26-22)16-9-5-2-6-10-16/h1-14H. The molecule has 0 amide bonds. The lowest BCUT2D eigenvalue weighted by atomic mass is 9.83. The molecule has 0 atom stereocenters. The van der Waals surface area contributed by atoms with Crippen LogP contribution in [0, 0.1) is 0 Å². The van der Waals surface area contributed by atoms with Crippen LogP contribution in [0.2, 0.25) is 0 Å². The second-order valence-corrected chi connectivity index (χ2v) is 6.55. The Labute approximate surface area is 161 Å². The highest BCUT2D eigenvalue weighted by molar-refractivity contribution is 6.54. The Hall–Kier alpha value is -3.92. The molecule has 2 heterocycles. The molecule has 0 saturated carbocycles. The van der Waals surface area contributed by atoms with Gasteiger partial charge in [-0.2, -0.15) is 0 Å². The highest BCUT2D eigenvalue weighted by Gasteiger charge is 2.36. The Kier molecular flexibility index (Phi) is 3.69. The number of carbonyl (C=O) groups excluding carboxylic acids is 2. The molecule has 1 aliphatic rings. The fraction of sp³-hybridized carbons (Fsp3) is 0. The van der Waals surface area contributed by atoms with Crippen molar-refractivity contribution < 1.29 is 9.59 Å². The van der Waals surface area contributed by atoms with Crippen LogP contribution < -0.4 is 0 Å². The molecule has 4 aromatic rings. The summed E-state index contributed by atoms with van der Waals surface area (Å²) in [7, 11) is 0. The first-order chi connectivity index (χ1) is 13.8. The van der Waals surface area contributed by atoms with Crippen molar-refractivity contribution in [3.8, 4) is 33.6 Å². The number of nitrogens with zero attached hydrogens (tertiary/aromatic N) is 2. The fourth-order valence-corrected chi connectivity index (χ4v) is 3.69. The number of aromatic nitrogens is 2. The summed E-state index contributed by atoms with van der Waals surface area (Å²) < 4.78 is 0. The molecule has 4 nitrogen and oxygen atoms in total. The Morgan fingerprint density at radius 3 is 1.29 bits per heavy atom. The summed E-state index contributed by atoms with van der Waals surface area (Å²) in [5.41, 5.74) is 4.68. The van der Waals surface area contributed by atoms with Crippen molar-refractivity contribution in [2.24, 2.45) is 0 Å². The van der Waals surface area contributed by atoms with Crippen LogP contribution in [0.5, 0.6) is 0 Å². The lowest BCUT2D eigenvalue weighted by Gasteiger charge is -2.21. The zero-order valence-electron chi connectivity index (χ0n) is 14.8. The highest BCUT2D eigenvalue weighted by atomic mass is 16.2. The van der Waals surface area contributed by atoms with Crippen LogP contribution in [-0.4, -0.2) is 21.5 Å². The zero-order valence-corrected chi connectivity index (χ0v) is 14.8. The molecule has 2 aromatic carbocycles. The SMILES string of the molecule is O=C1C(=O)c2c(-c3ccccc3)ccnc2-c2nccc(-c3ccccc3)c21. The van der Waals surface area contributed by atoms with Crippen molar-refractivity contribution in [3.63, 3.8) is 0 Å². The van der Waals surface area contributed by atoms with E-state index in [0.29, 0.717) is 33.6 Å². The lowest BCUT2D eigenvalue weighted by molar-refractivity contribution is 0.0815. The molecular weight excluding hydrogens is 348 g/mol. The molecule has 0 saturated heterocycles. The normalized spacial score (nSPS) is 12.4. The lowest BCUT2D eigenvalue weighted by Crippen LogP contribution is -2.24. The van der Waals surface area contributed by atoms with Gasteiger partial charge >= 0.3 is 0 Å². The van der Waals surface area contributed by atoms with Crippen LogP contribution in [0.3, 0.4) is 0 Å². The molecular formula is C24H14N2O2. The van der Waals surface area contributed by atoms with Gasteiger partial charge in [-0.25, -0.2) is 0 Å². The second kappa shape index (κ2) is 6.35. The molecule has 2 aromatic heterocycles. The van der Waals surface area contributed by atoms with Gasteiger partial charge in [0.15, 0.2) is 0 Å². The number of fused-ring (bicyclic) bond motifs is 3. The topological polar surface area (TPSA) is 59.9 Å². The van der Waals surface area contributed by atoms with Crippen molar-refractivity contribution in [2.75, 3.05) is 0 Å². The summed E-state index contributed by atoms with van der Waals surface area (Å²) in [6.45, 7) is 0. The molecule has 132 valence electrons. The zero-order chi connectivity index (χ0) is 19.1. The maximum Gasteiger partial charge on any atom is 0.236 e. The summed E-state index contributed by atoms with van der Waals surface area (Å²) in [6, 6.07) is 22.6. The Balaban J connectivity index is 1.81. The third-order valence-electron chi connectivity index (χ3n) is 4.96. The maximum atomic E-state index is 13.1. The molecule has 0 spiro atoms. The third-order valence-corrected chi connectivity index (χ3v) is 4.96. The van der Waals surface area contributed by atoms with Crippen molar-refractivity contribution in [1.29, 1.82) is 0 Å². The van der Waals surface area contributed by atoms with E-state index in [4.69, 9.17) is 0 Å². The van der Waals surface area contributed by atoms with Gasteiger partial charge in [0.1, 0.15) is 11.4 Å². The fourth-order valence-electron chi connectivity index (χ4n) is 3.69. The van der Waals surface area contributed by atoms with E-state index in [1.165, 1.54) is 0 Å². The number of carbonyl (C=O) groups is 2. The monoisotopic (exact) mass is 362 g/mol. The number of hydrogen-bond donors (Lipinski definition) is 0. The van der Waals surface area contributed by atoms with Crippen molar-refractivity contribution in [2.45, 2.75) is 0 Å². The number of hydrogen-bond acceptors (Lipinski definition) is 4. The van der Waals surface area contributed by atoms with E-state index in [1.54, 1.807) is 24.5 Å². The minimum Gasteiger partial charge on any atom is -0.285 e. The van der Waals surface area contributed by atoms with Gasteiger partial charge in [0, 0.05) is 12.4 Å². The van der Waals surface area contributed by atoms with Crippen LogP contribution in [0.1, 0.15) is 20.7 Å². The van der Waals surface area contributed by atoms with Crippen LogP contribution >= 0.6 is 0 Å². The summed E-state index contributed by atoms with van der Waals surface area (Å²) in [4.78, 5) is 35.1. The molecule has 5 rings (SSSR count). The van der Waals surface area contributed by atoms with Crippen molar-refractivity contribution in [1.82, 2.24) is 9.97 Å². The van der Waals surface area contributed by atoms with Crippen molar-refractivity contribution >= 4 is 11.6 Å².